The molecule has 1 amide bonds. The summed E-state index contributed by atoms with van der Waals surface area (Å²) in [7, 11) is 0. The van der Waals surface area contributed by atoms with E-state index >= 15 is 0 Å². The highest BCUT2D eigenvalue weighted by Gasteiger charge is 2.29. The van der Waals surface area contributed by atoms with Crippen LogP contribution in [0.25, 0.3) is 0 Å². The zero-order valence-electron chi connectivity index (χ0n) is 14.8. The van der Waals surface area contributed by atoms with E-state index in [1.165, 1.54) is 0 Å². The fraction of sp³-hybridized carbons (Fsp3) is 0.0909. The monoisotopic (exact) mass is 375 g/mol. The van der Waals surface area contributed by atoms with Gasteiger partial charge in [-0.05, 0) is 48.5 Å². The number of fused-ring (bicyclic) bond motifs is 1. The van der Waals surface area contributed by atoms with Crippen molar-refractivity contribution in [3.8, 4) is 17.2 Å². The fourth-order valence-electron chi connectivity index (χ4n) is 2.72. The molecule has 0 aliphatic carbocycles. The van der Waals surface area contributed by atoms with Gasteiger partial charge in [-0.1, -0.05) is 30.3 Å². The lowest BCUT2D eigenvalue weighted by Gasteiger charge is -2.24. The highest BCUT2D eigenvalue weighted by atomic mass is 16.6. The van der Waals surface area contributed by atoms with Crippen LogP contribution in [-0.2, 0) is 4.79 Å². The first-order valence-corrected chi connectivity index (χ1v) is 8.76. The number of hydrogen-bond acceptors (Lipinski definition) is 5. The van der Waals surface area contributed by atoms with Gasteiger partial charge in [0.05, 0.1) is 0 Å². The minimum Gasteiger partial charge on any atom is -0.485 e. The lowest BCUT2D eigenvalue weighted by Crippen LogP contribution is -2.39. The van der Waals surface area contributed by atoms with E-state index in [-0.39, 0.29) is 12.5 Å². The number of carbonyl (C=O) groups is 2. The predicted molar refractivity (Wildman–Crippen MR) is 103 cm³/mol. The molecule has 1 unspecified atom stereocenters. The van der Waals surface area contributed by atoms with Crippen molar-refractivity contribution in [3.05, 3.63) is 84.4 Å². The van der Waals surface area contributed by atoms with Crippen molar-refractivity contribution in [2.24, 2.45) is 0 Å². The minimum absolute atomic E-state index is 0.0768. The summed E-state index contributed by atoms with van der Waals surface area (Å²) in [5.74, 6) is 0.619. The summed E-state index contributed by atoms with van der Waals surface area (Å²) in [5, 5.41) is 2.80. The van der Waals surface area contributed by atoms with Crippen molar-refractivity contribution in [1.29, 1.82) is 0 Å². The molecule has 28 heavy (non-hydrogen) atoms. The van der Waals surface area contributed by atoms with Gasteiger partial charge in [0.25, 0.3) is 5.91 Å². The molecule has 0 aromatic heterocycles. The van der Waals surface area contributed by atoms with Gasteiger partial charge in [0, 0.05) is 11.3 Å². The van der Waals surface area contributed by atoms with Gasteiger partial charge in [0.15, 0.2) is 11.5 Å². The zero-order valence-corrected chi connectivity index (χ0v) is 14.8. The van der Waals surface area contributed by atoms with Crippen LogP contribution in [0.2, 0.25) is 0 Å². The second-order valence-electron chi connectivity index (χ2n) is 6.13. The third kappa shape index (κ3) is 3.96. The van der Waals surface area contributed by atoms with E-state index in [1.54, 1.807) is 54.6 Å². The molecule has 1 N–H and O–H groups in total. The van der Waals surface area contributed by atoms with E-state index in [1.807, 2.05) is 24.3 Å². The van der Waals surface area contributed by atoms with Crippen LogP contribution in [0.3, 0.4) is 0 Å². The zero-order chi connectivity index (χ0) is 19.3. The third-order valence-electron chi connectivity index (χ3n) is 4.14. The van der Waals surface area contributed by atoms with Gasteiger partial charge in [-0.3, -0.25) is 4.79 Å². The maximum absolute atomic E-state index is 12.3. The summed E-state index contributed by atoms with van der Waals surface area (Å²) in [6.07, 6.45) is -0.851. The molecular formula is C22H17NO5. The molecule has 4 rings (SSSR count). The molecule has 6 nitrogen and oxygen atoms in total. The number of esters is 1. The van der Waals surface area contributed by atoms with E-state index in [4.69, 9.17) is 14.2 Å². The van der Waals surface area contributed by atoms with Crippen molar-refractivity contribution in [1.82, 2.24) is 0 Å². The predicted octanol–water partition coefficient (Wildman–Crippen LogP) is 3.68. The summed E-state index contributed by atoms with van der Waals surface area (Å²) in [5.41, 5.74) is 1.16. The van der Waals surface area contributed by atoms with Crippen LogP contribution in [0.15, 0.2) is 78.9 Å². The van der Waals surface area contributed by atoms with Crippen molar-refractivity contribution in [2.75, 3.05) is 11.9 Å². The fourth-order valence-corrected chi connectivity index (χ4v) is 2.72. The van der Waals surface area contributed by atoms with Crippen LogP contribution in [-0.4, -0.2) is 24.6 Å². The van der Waals surface area contributed by atoms with Gasteiger partial charge in [0.2, 0.25) is 6.10 Å². The van der Waals surface area contributed by atoms with Gasteiger partial charge < -0.3 is 19.5 Å². The Morgan fingerprint density at radius 2 is 1.54 bits per heavy atom. The van der Waals surface area contributed by atoms with Crippen LogP contribution in [0, 0.1) is 0 Å². The van der Waals surface area contributed by atoms with E-state index in [9.17, 15) is 9.59 Å². The van der Waals surface area contributed by atoms with E-state index in [0.717, 1.165) is 0 Å². The number of amides is 1. The van der Waals surface area contributed by atoms with Crippen molar-refractivity contribution in [3.63, 3.8) is 0 Å². The number of nitrogens with one attached hydrogen (secondary N) is 1. The quantitative estimate of drug-likeness (QED) is 0.556. The molecule has 3 aromatic carbocycles. The Balaban J connectivity index is 1.37. The van der Waals surface area contributed by atoms with Crippen molar-refractivity contribution >= 4 is 17.6 Å². The Kier molecular flexibility index (Phi) is 4.93. The first kappa shape index (κ1) is 17.6. The summed E-state index contributed by atoms with van der Waals surface area (Å²) >= 11 is 0. The van der Waals surface area contributed by atoms with E-state index < -0.39 is 12.1 Å². The van der Waals surface area contributed by atoms with Crippen LogP contribution < -0.4 is 19.5 Å². The van der Waals surface area contributed by atoms with Crippen molar-refractivity contribution in [2.45, 2.75) is 6.10 Å². The average molecular weight is 375 g/mol. The first-order chi connectivity index (χ1) is 13.7. The summed E-state index contributed by atoms with van der Waals surface area (Å²) in [4.78, 5) is 24.6. The Morgan fingerprint density at radius 1 is 0.857 bits per heavy atom. The smallest absolute Gasteiger partial charge is 0.356 e. The molecule has 1 aliphatic heterocycles. The highest BCUT2D eigenvalue weighted by Crippen LogP contribution is 2.31. The van der Waals surface area contributed by atoms with E-state index in [2.05, 4.69) is 5.32 Å². The van der Waals surface area contributed by atoms with Crippen LogP contribution in [0.5, 0.6) is 17.2 Å². The van der Waals surface area contributed by atoms with Gasteiger partial charge in [-0.15, -0.1) is 0 Å². The van der Waals surface area contributed by atoms with Gasteiger partial charge in [-0.2, -0.15) is 0 Å². The lowest BCUT2D eigenvalue weighted by atomic mass is 10.2. The van der Waals surface area contributed by atoms with Gasteiger partial charge >= 0.3 is 5.97 Å². The lowest BCUT2D eigenvalue weighted by molar-refractivity contribution is -0.144. The number of benzene rings is 3. The number of anilines is 1. The molecule has 0 saturated carbocycles. The minimum atomic E-state index is -0.851. The Hall–Kier alpha value is -3.80. The molecule has 0 radical (unpaired) electrons. The molecule has 1 atom stereocenters. The highest BCUT2D eigenvalue weighted by molar-refractivity contribution is 6.04. The maximum Gasteiger partial charge on any atom is 0.356 e. The largest absolute Gasteiger partial charge is 0.485 e. The number of para-hydroxylation sites is 3. The number of carbonyl (C=O) groups excluding carboxylic acids is 2. The Labute approximate surface area is 161 Å². The molecule has 0 bridgehead atoms. The summed E-state index contributed by atoms with van der Waals surface area (Å²) in [6.45, 7) is 0.0768. The normalized spacial score (nSPS) is 14.8. The molecule has 0 spiro atoms. The first-order valence-electron chi connectivity index (χ1n) is 8.76. The number of ether oxygens (including phenoxy) is 3. The average Bonchev–Trinajstić information content (AvgIpc) is 2.74. The van der Waals surface area contributed by atoms with Gasteiger partial charge in [0.1, 0.15) is 12.4 Å². The molecule has 0 fully saturated rings. The third-order valence-corrected chi connectivity index (χ3v) is 4.14. The second kappa shape index (κ2) is 7.84. The SMILES string of the molecule is O=C(Nc1ccccc1)c1ccc(OC(=O)C2COc3ccccc3O2)cc1. The Morgan fingerprint density at radius 3 is 2.29 bits per heavy atom. The molecule has 3 aromatic rings. The molecular weight excluding hydrogens is 358 g/mol. The molecule has 0 saturated heterocycles. The van der Waals surface area contributed by atoms with Crippen LogP contribution in [0.1, 0.15) is 10.4 Å². The standard InChI is InChI=1S/C22H17NO5/c24-21(23-16-6-2-1-3-7-16)15-10-12-17(13-11-15)27-22(25)20-14-26-18-8-4-5-9-19(18)28-20/h1-13,20H,14H2,(H,23,24). The van der Waals surface area contributed by atoms with Gasteiger partial charge in [-0.25, -0.2) is 4.79 Å². The van der Waals surface area contributed by atoms with E-state index in [0.29, 0.717) is 28.5 Å². The maximum atomic E-state index is 12.3. The molecule has 1 heterocycles. The van der Waals surface area contributed by atoms with Crippen LogP contribution >= 0.6 is 0 Å². The molecule has 140 valence electrons. The van der Waals surface area contributed by atoms with Crippen LogP contribution in [0.4, 0.5) is 5.69 Å². The second-order valence-corrected chi connectivity index (χ2v) is 6.13. The summed E-state index contributed by atoms with van der Waals surface area (Å²) < 4.78 is 16.5. The van der Waals surface area contributed by atoms with Crippen molar-refractivity contribution < 1.29 is 23.8 Å². The summed E-state index contributed by atoms with van der Waals surface area (Å²) in [6, 6.07) is 22.6. The Bertz CT molecular complexity index is 985. The number of hydrogen-bond donors (Lipinski definition) is 1. The molecule has 1 aliphatic rings. The topological polar surface area (TPSA) is 73.9 Å². The molecule has 6 heteroatoms. The number of rotatable bonds is 4.